The van der Waals surface area contributed by atoms with Crippen molar-refractivity contribution in [1.29, 1.82) is 0 Å². The Hall–Kier alpha value is -2.47. The topological polar surface area (TPSA) is 86.5 Å². The van der Waals surface area contributed by atoms with Crippen LogP contribution in [0.25, 0.3) is 11.5 Å². The Kier molecular flexibility index (Phi) is 6.62. The van der Waals surface area contributed by atoms with Gasteiger partial charge in [0, 0.05) is 18.9 Å². The van der Waals surface area contributed by atoms with Crippen LogP contribution in [0.5, 0.6) is 0 Å². The molecule has 0 saturated heterocycles. The standard InChI is InChI=1S/C20H24N3O4P/c1-4-25-28(24,26-5-2)20-19(22-13-16-10-8-15(3)9-11-16)27-18(23-20)17-7-6-12-21-14-17/h6-12,14,22H,4-5,13H2,1-3H3. The lowest BCUT2D eigenvalue weighted by Gasteiger charge is -2.15. The molecule has 0 bridgehead atoms. The van der Waals surface area contributed by atoms with Gasteiger partial charge in [0.15, 0.2) is 0 Å². The molecule has 0 aliphatic carbocycles. The lowest BCUT2D eigenvalue weighted by molar-refractivity contribution is 0.229. The Bertz CT molecular complexity index is 932. The van der Waals surface area contributed by atoms with Crippen LogP contribution in [0.3, 0.4) is 0 Å². The van der Waals surface area contributed by atoms with Crippen molar-refractivity contribution in [3.63, 3.8) is 0 Å². The highest BCUT2D eigenvalue weighted by molar-refractivity contribution is 7.62. The van der Waals surface area contributed by atoms with E-state index in [1.807, 2.05) is 37.3 Å². The number of nitrogens with zero attached hydrogens (tertiary/aromatic N) is 2. The van der Waals surface area contributed by atoms with E-state index in [0.717, 1.165) is 5.56 Å². The van der Waals surface area contributed by atoms with Gasteiger partial charge in [-0.1, -0.05) is 29.8 Å². The second-order valence-electron chi connectivity index (χ2n) is 6.09. The predicted octanol–water partition coefficient (Wildman–Crippen LogP) is 4.55. The molecule has 1 N–H and O–H groups in total. The molecule has 1 aromatic carbocycles. The van der Waals surface area contributed by atoms with Gasteiger partial charge in [-0.2, -0.15) is 4.98 Å². The summed E-state index contributed by atoms with van der Waals surface area (Å²) in [5.41, 5.74) is 3.05. The molecule has 0 aliphatic rings. The van der Waals surface area contributed by atoms with Gasteiger partial charge in [-0.3, -0.25) is 9.55 Å². The predicted molar refractivity (Wildman–Crippen MR) is 109 cm³/mol. The molecule has 0 amide bonds. The minimum atomic E-state index is -3.63. The largest absolute Gasteiger partial charge is 0.420 e. The summed E-state index contributed by atoms with van der Waals surface area (Å²) in [6.07, 6.45) is 3.29. The highest BCUT2D eigenvalue weighted by Gasteiger charge is 2.35. The Labute approximate surface area is 164 Å². The molecule has 7 nitrogen and oxygen atoms in total. The van der Waals surface area contributed by atoms with E-state index in [0.29, 0.717) is 18.0 Å². The van der Waals surface area contributed by atoms with Crippen LogP contribution in [0.2, 0.25) is 0 Å². The highest BCUT2D eigenvalue weighted by atomic mass is 31.2. The minimum Gasteiger partial charge on any atom is -0.420 e. The van der Waals surface area contributed by atoms with Gasteiger partial charge in [0.05, 0.1) is 18.8 Å². The summed E-state index contributed by atoms with van der Waals surface area (Å²) < 4.78 is 30.1. The van der Waals surface area contributed by atoms with E-state index in [4.69, 9.17) is 13.5 Å². The second-order valence-corrected chi connectivity index (χ2v) is 8.02. The number of aromatic nitrogens is 2. The molecule has 0 radical (unpaired) electrons. The van der Waals surface area contributed by atoms with Gasteiger partial charge in [0.25, 0.3) is 0 Å². The summed E-state index contributed by atoms with van der Waals surface area (Å²) in [6.45, 7) is 6.48. The number of anilines is 1. The van der Waals surface area contributed by atoms with Crippen molar-refractivity contribution in [3.05, 3.63) is 59.9 Å². The van der Waals surface area contributed by atoms with Gasteiger partial charge < -0.3 is 18.8 Å². The molecular weight excluding hydrogens is 377 g/mol. The fourth-order valence-corrected chi connectivity index (χ4v) is 4.20. The Morgan fingerprint density at radius 1 is 1.11 bits per heavy atom. The van der Waals surface area contributed by atoms with Crippen LogP contribution in [-0.2, 0) is 20.2 Å². The smallest absolute Gasteiger partial charge is 0.385 e. The summed E-state index contributed by atoms with van der Waals surface area (Å²) in [5, 5.41) is 3.18. The van der Waals surface area contributed by atoms with Crippen molar-refractivity contribution >= 4 is 18.9 Å². The van der Waals surface area contributed by atoms with Gasteiger partial charge in [-0.05, 0) is 38.5 Å². The van der Waals surface area contributed by atoms with Crippen LogP contribution in [0, 0.1) is 6.92 Å². The molecule has 2 aromatic heterocycles. The number of oxazole rings is 1. The number of hydrogen-bond acceptors (Lipinski definition) is 7. The summed E-state index contributed by atoms with van der Waals surface area (Å²) in [6, 6.07) is 11.7. The van der Waals surface area contributed by atoms with Crippen LogP contribution in [-0.4, -0.2) is 23.2 Å². The van der Waals surface area contributed by atoms with E-state index in [9.17, 15) is 4.57 Å². The van der Waals surface area contributed by atoms with Crippen molar-refractivity contribution in [2.75, 3.05) is 18.5 Å². The molecule has 0 aliphatic heterocycles. The minimum absolute atomic E-state index is 0.141. The van der Waals surface area contributed by atoms with Gasteiger partial charge in [0.1, 0.15) is 0 Å². The van der Waals surface area contributed by atoms with Crippen molar-refractivity contribution in [3.8, 4) is 11.5 Å². The zero-order valence-corrected chi connectivity index (χ0v) is 17.1. The SMILES string of the molecule is CCOP(=O)(OCC)c1nc(-c2cccnc2)oc1NCc1ccc(C)cc1. The monoisotopic (exact) mass is 401 g/mol. The van der Waals surface area contributed by atoms with E-state index >= 15 is 0 Å². The molecular formula is C20H24N3O4P. The van der Waals surface area contributed by atoms with Crippen molar-refractivity contribution in [1.82, 2.24) is 9.97 Å². The molecule has 0 fully saturated rings. The molecule has 8 heteroatoms. The van der Waals surface area contributed by atoms with E-state index in [-0.39, 0.29) is 24.5 Å². The molecule has 0 atom stereocenters. The summed E-state index contributed by atoms with van der Waals surface area (Å²) in [4.78, 5) is 8.52. The van der Waals surface area contributed by atoms with Gasteiger partial charge in [-0.25, -0.2) is 0 Å². The quantitative estimate of drug-likeness (QED) is 0.527. The van der Waals surface area contributed by atoms with E-state index in [1.54, 1.807) is 32.3 Å². The van der Waals surface area contributed by atoms with Gasteiger partial charge in [-0.15, -0.1) is 0 Å². The molecule has 3 rings (SSSR count). The summed E-state index contributed by atoms with van der Waals surface area (Å²) in [7, 11) is -3.63. The highest BCUT2D eigenvalue weighted by Crippen LogP contribution is 2.49. The van der Waals surface area contributed by atoms with E-state index in [2.05, 4.69) is 15.3 Å². The van der Waals surface area contributed by atoms with E-state index < -0.39 is 7.60 Å². The van der Waals surface area contributed by atoms with Crippen LogP contribution in [0.1, 0.15) is 25.0 Å². The van der Waals surface area contributed by atoms with Gasteiger partial charge in [0.2, 0.25) is 17.2 Å². The Morgan fingerprint density at radius 3 is 2.43 bits per heavy atom. The maximum atomic E-state index is 13.3. The summed E-state index contributed by atoms with van der Waals surface area (Å²) in [5.74, 6) is 0.568. The number of pyridine rings is 1. The number of nitrogens with one attached hydrogen (secondary N) is 1. The summed E-state index contributed by atoms with van der Waals surface area (Å²) >= 11 is 0. The van der Waals surface area contributed by atoms with Crippen molar-refractivity contribution in [2.24, 2.45) is 0 Å². The second kappa shape index (κ2) is 9.15. The van der Waals surface area contributed by atoms with Crippen LogP contribution < -0.4 is 10.8 Å². The first kappa shape index (κ1) is 20.3. The van der Waals surface area contributed by atoms with E-state index in [1.165, 1.54) is 5.56 Å². The normalized spacial score (nSPS) is 11.5. The van der Waals surface area contributed by atoms with Crippen molar-refractivity contribution < 1.29 is 18.0 Å². The number of hydrogen-bond donors (Lipinski definition) is 1. The molecule has 28 heavy (non-hydrogen) atoms. The van der Waals surface area contributed by atoms with Crippen LogP contribution >= 0.6 is 7.60 Å². The average molecular weight is 401 g/mol. The fraction of sp³-hybridized carbons (Fsp3) is 0.300. The molecule has 3 aromatic rings. The first-order valence-corrected chi connectivity index (χ1v) is 10.7. The zero-order chi connectivity index (χ0) is 20.0. The molecule has 0 saturated carbocycles. The number of rotatable bonds is 9. The third kappa shape index (κ3) is 4.68. The van der Waals surface area contributed by atoms with Crippen LogP contribution in [0.4, 0.5) is 5.88 Å². The maximum absolute atomic E-state index is 13.3. The van der Waals surface area contributed by atoms with Gasteiger partial charge >= 0.3 is 7.60 Å². The first-order valence-electron chi connectivity index (χ1n) is 9.16. The van der Waals surface area contributed by atoms with Crippen LogP contribution in [0.15, 0.2) is 53.2 Å². The maximum Gasteiger partial charge on any atom is 0.385 e. The molecule has 0 spiro atoms. The third-order valence-corrected chi connectivity index (χ3v) is 5.97. The Morgan fingerprint density at radius 2 is 1.82 bits per heavy atom. The molecule has 0 unspecified atom stereocenters. The zero-order valence-electron chi connectivity index (χ0n) is 16.2. The number of benzene rings is 1. The first-order chi connectivity index (χ1) is 13.6. The molecule has 148 valence electrons. The number of aryl methyl sites for hydroxylation is 1. The lowest BCUT2D eigenvalue weighted by Crippen LogP contribution is -2.16. The third-order valence-electron chi connectivity index (χ3n) is 3.95. The molecule has 2 heterocycles. The Balaban J connectivity index is 1.96. The van der Waals surface area contributed by atoms with Crippen molar-refractivity contribution in [2.45, 2.75) is 27.3 Å². The fourth-order valence-electron chi connectivity index (χ4n) is 2.61. The lowest BCUT2D eigenvalue weighted by atomic mass is 10.1. The average Bonchev–Trinajstić information content (AvgIpc) is 3.14.